The van der Waals surface area contributed by atoms with Crippen LogP contribution in [0.3, 0.4) is 0 Å². The molecule has 0 aliphatic rings. The van der Waals surface area contributed by atoms with Gasteiger partial charge in [-0.05, 0) is 12.8 Å². The van der Waals surface area contributed by atoms with Crippen molar-refractivity contribution < 1.29 is 9.50 Å². The fourth-order valence-electron chi connectivity index (χ4n) is 0.727. The Morgan fingerprint density at radius 3 is 2.00 bits per heavy atom. The highest BCUT2D eigenvalue weighted by Crippen LogP contribution is 2.01. The van der Waals surface area contributed by atoms with Crippen LogP contribution in [0.4, 0.5) is 4.39 Å². The number of alkyl halides is 1. The van der Waals surface area contributed by atoms with Gasteiger partial charge in [-0.3, -0.25) is 4.39 Å². The van der Waals surface area contributed by atoms with Gasteiger partial charge in [-0.2, -0.15) is 0 Å². The van der Waals surface area contributed by atoms with Crippen molar-refractivity contribution in [2.75, 3.05) is 13.3 Å². The molecule has 0 N–H and O–H groups in total. The van der Waals surface area contributed by atoms with E-state index in [9.17, 15) is 9.50 Å². The smallest absolute Gasteiger partial charge is 0.0894 e. The second-order valence-corrected chi connectivity index (χ2v) is 2.16. The van der Waals surface area contributed by atoms with Crippen molar-refractivity contribution >= 4 is 0 Å². The minimum atomic E-state index is -0.211. The number of rotatable bonds is 6. The van der Waals surface area contributed by atoms with Crippen molar-refractivity contribution in [1.82, 2.24) is 0 Å². The van der Waals surface area contributed by atoms with E-state index in [0.29, 0.717) is 6.42 Å². The molecule has 9 heavy (non-hydrogen) atoms. The van der Waals surface area contributed by atoms with E-state index in [0.717, 1.165) is 25.7 Å². The molecule has 55 valence electrons. The first-order valence-electron chi connectivity index (χ1n) is 3.56. The van der Waals surface area contributed by atoms with Crippen LogP contribution in [-0.4, -0.2) is 13.3 Å². The summed E-state index contributed by atoms with van der Waals surface area (Å²) in [6, 6.07) is 0. The Bertz CT molecular complexity index is 42.2. The monoisotopic (exact) mass is 133 g/mol. The van der Waals surface area contributed by atoms with Crippen LogP contribution in [0.15, 0.2) is 0 Å². The maximum Gasteiger partial charge on any atom is 0.0894 e. The van der Waals surface area contributed by atoms with Crippen LogP contribution in [0.5, 0.6) is 0 Å². The highest BCUT2D eigenvalue weighted by Gasteiger charge is 1.88. The summed E-state index contributed by atoms with van der Waals surface area (Å²) in [6.07, 6.45) is 4.36. The highest BCUT2D eigenvalue weighted by molar-refractivity contribution is 4.41. The van der Waals surface area contributed by atoms with Gasteiger partial charge in [0.05, 0.1) is 13.3 Å². The van der Waals surface area contributed by atoms with Crippen molar-refractivity contribution in [3.05, 3.63) is 0 Å². The summed E-state index contributed by atoms with van der Waals surface area (Å²) in [5.41, 5.74) is 0. The molecule has 0 bridgehead atoms. The molecule has 0 heterocycles. The first-order chi connectivity index (χ1) is 4.41. The standard InChI is InChI=1S/C7H14FO/c8-6-4-2-1-3-5-7-9/h1-7H2. The maximum absolute atomic E-state index is 11.4. The molecule has 0 amide bonds. The van der Waals surface area contributed by atoms with Crippen molar-refractivity contribution in [2.45, 2.75) is 32.1 Å². The third-order valence-corrected chi connectivity index (χ3v) is 1.28. The Kier molecular flexibility index (Phi) is 7.79. The Hall–Kier alpha value is -0.110. The predicted molar refractivity (Wildman–Crippen MR) is 34.6 cm³/mol. The zero-order valence-corrected chi connectivity index (χ0v) is 5.74. The van der Waals surface area contributed by atoms with Gasteiger partial charge in [0, 0.05) is 0 Å². The van der Waals surface area contributed by atoms with Crippen molar-refractivity contribution in [2.24, 2.45) is 0 Å². The molecule has 0 aromatic rings. The molecule has 0 aromatic carbocycles. The lowest BCUT2D eigenvalue weighted by molar-refractivity contribution is 0.185. The predicted octanol–water partition coefficient (Wildman–Crippen LogP) is 2.34. The minimum Gasteiger partial charge on any atom is -0.251 e. The van der Waals surface area contributed by atoms with E-state index in [1.807, 2.05) is 0 Å². The van der Waals surface area contributed by atoms with E-state index in [2.05, 4.69) is 0 Å². The molecule has 0 fully saturated rings. The topological polar surface area (TPSA) is 19.9 Å². The Balaban J connectivity index is 2.60. The van der Waals surface area contributed by atoms with Gasteiger partial charge < -0.3 is 0 Å². The fourth-order valence-corrected chi connectivity index (χ4v) is 0.727. The fraction of sp³-hybridized carbons (Fsp3) is 1.00. The van der Waals surface area contributed by atoms with Gasteiger partial charge in [-0.25, -0.2) is 5.11 Å². The molecule has 0 aromatic heterocycles. The van der Waals surface area contributed by atoms with Gasteiger partial charge in [0.2, 0.25) is 0 Å². The molecular weight excluding hydrogens is 119 g/mol. The highest BCUT2D eigenvalue weighted by atomic mass is 19.1. The number of unbranched alkanes of at least 4 members (excludes halogenated alkanes) is 4. The third-order valence-electron chi connectivity index (χ3n) is 1.28. The van der Waals surface area contributed by atoms with Crippen LogP contribution < -0.4 is 0 Å². The molecule has 0 saturated heterocycles. The average Bonchev–Trinajstić information content (AvgIpc) is 1.89. The number of hydrogen-bond acceptors (Lipinski definition) is 0. The number of hydrogen-bond donors (Lipinski definition) is 0. The molecule has 0 rings (SSSR count). The third kappa shape index (κ3) is 7.89. The lowest BCUT2D eigenvalue weighted by Gasteiger charge is -1.94. The zero-order chi connectivity index (χ0) is 6.95. The van der Waals surface area contributed by atoms with Crippen LogP contribution in [0.2, 0.25) is 0 Å². The van der Waals surface area contributed by atoms with Gasteiger partial charge in [0.1, 0.15) is 0 Å². The van der Waals surface area contributed by atoms with Gasteiger partial charge >= 0.3 is 0 Å². The molecular formula is C7H14FO. The van der Waals surface area contributed by atoms with Gasteiger partial charge in [0.15, 0.2) is 0 Å². The van der Waals surface area contributed by atoms with Crippen LogP contribution in [0.1, 0.15) is 32.1 Å². The summed E-state index contributed by atoms with van der Waals surface area (Å²) in [6.45, 7) is -0.188. The normalized spacial score (nSPS) is 10.0. The van der Waals surface area contributed by atoms with E-state index in [-0.39, 0.29) is 13.3 Å². The van der Waals surface area contributed by atoms with E-state index >= 15 is 0 Å². The lowest BCUT2D eigenvalue weighted by atomic mass is 10.2. The first-order valence-corrected chi connectivity index (χ1v) is 3.56. The molecule has 0 saturated carbocycles. The summed E-state index contributed by atoms with van der Waals surface area (Å²) in [7, 11) is 0. The van der Waals surface area contributed by atoms with E-state index in [1.54, 1.807) is 0 Å². The lowest BCUT2D eigenvalue weighted by Crippen LogP contribution is -1.82. The Morgan fingerprint density at radius 2 is 1.44 bits per heavy atom. The van der Waals surface area contributed by atoms with E-state index in [1.165, 1.54) is 0 Å². The van der Waals surface area contributed by atoms with Gasteiger partial charge in [0.25, 0.3) is 0 Å². The molecule has 0 atom stereocenters. The summed E-state index contributed by atoms with van der Waals surface area (Å²) in [4.78, 5) is 0. The molecule has 2 heteroatoms. The van der Waals surface area contributed by atoms with Crippen molar-refractivity contribution in [3.8, 4) is 0 Å². The maximum atomic E-state index is 11.4. The van der Waals surface area contributed by atoms with Crippen LogP contribution in [0, 0.1) is 0 Å². The van der Waals surface area contributed by atoms with Crippen molar-refractivity contribution in [1.29, 1.82) is 0 Å². The second-order valence-electron chi connectivity index (χ2n) is 2.16. The van der Waals surface area contributed by atoms with Crippen molar-refractivity contribution in [3.63, 3.8) is 0 Å². The van der Waals surface area contributed by atoms with E-state index in [4.69, 9.17) is 0 Å². The Labute approximate surface area is 55.9 Å². The van der Waals surface area contributed by atoms with Crippen LogP contribution in [0.25, 0.3) is 0 Å². The summed E-state index contributed by atoms with van der Waals surface area (Å²) >= 11 is 0. The summed E-state index contributed by atoms with van der Waals surface area (Å²) in [5.74, 6) is 0. The summed E-state index contributed by atoms with van der Waals surface area (Å²) in [5, 5.41) is 9.89. The van der Waals surface area contributed by atoms with Crippen LogP contribution in [-0.2, 0) is 5.11 Å². The molecule has 1 radical (unpaired) electrons. The molecule has 0 unspecified atom stereocenters. The van der Waals surface area contributed by atoms with E-state index < -0.39 is 0 Å². The largest absolute Gasteiger partial charge is 0.251 e. The van der Waals surface area contributed by atoms with Gasteiger partial charge in [-0.15, -0.1) is 0 Å². The zero-order valence-electron chi connectivity index (χ0n) is 5.74. The molecule has 0 aliphatic heterocycles. The Morgan fingerprint density at radius 1 is 0.889 bits per heavy atom. The average molecular weight is 133 g/mol. The first kappa shape index (κ1) is 8.89. The van der Waals surface area contributed by atoms with Gasteiger partial charge in [-0.1, -0.05) is 19.3 Å². The quantitative estimate of drug-likeness (QED) is 0.495. The second kappa shape index (κ2) is 7.89. The number of halogens is 1. The molecule has 0 aliphatic carbocycles. The minimum absolute atomic E-state index is 0.0234. The molecule has 1 nitrogen and oxygen atoms in total. The summed E-state index contributed by atoms with van der Waals surface area (Å²) < 4.78 is 11.4. The SMILES string of the molecule is [O]CCCCCCCF. The van der Waals surface area contributed by atoms with Crippen LogP contribution >= 0.6 is 0 Å². The molecule has 0 spiro atoms.